The number of thioether (sulfide) groups is 1. The van der Waals surface area contributed by atoms with Crippen LogP contribution >= 0.6 is 23.4 Å². The van der Waals surface area contributed by atoms with Gasteiger partial charge in [-0.1, -0.05) is 31.0 Å². The van der Waals surface area contributed by atoms with Gasteiger partial charge in [0, 0.05) is 45.3 Å². The molecule has 4 rings (SSSR count). The fourth-order valence-corrected chi connectivity index (χ4v) is 5.47. The molecular weight excluding hydrogens is 516 g/mol. The fourth-order valence-electron chi connectivity index (χ4n) is 3.93. The van der Waals surface area contributed by atoms with E-state index < -0.39 is 41.3 Å². The maximum absolute atomic E-state index is 14.5. The van der Waals surface area contributed by atoms with Crippen molar-refractivity contribution in [2.75, 3.05) is 4.90 Å². The first-order chi connectivity index (χ1) is 17.2. The van der Waals surface area contributed by atoms with E-state index in [1.165, 1.54) is 47.0 Å². The molecule has 1 N–H and O–H groups in total. The van der Waals surface area contributed by atoms with Crippen LogP contribution in [0.4, 0.5) is 23.2 Å². The number of halogens is 5. The van der Waals surface area contributed by atoms with Gasteiger partial charge in [-0.15, -0.1) is 11.8 Å². The SMILES string of the molecule is CCCC1Sc2ccc(C(=O)NCc3c(F)cc(F)cc3F)cc2N(Cc2c(F)cccc2Cl)C1=O. The zero-order valence-corrected chi connectivity index (χ0v) is 20.7. The van der Waals surface area contributed by atoms with E-state index in [2.05, 4.69) is 5.32 Å². The molecule has 10 heteroatoms. The number of amides is 2. The van der Waals surface area contributed by atoms with Crippen molar-refractivity contribution in [3.63, 3.8) is 0 Å². The first kappa shape index (κ1) is 26.0. The monoisotopic (exact) mass is 536 g/mol. The molecule has 0 fully saturated rings. The molecule has 2 amide bonds. The Hall–Kier alpha value is -3.04. The molecule has 0 spiro atoms. The number of nitrogens with one attached hydrogen (secondary N) is 1. The van der Waals surface area contributed by atoms with E-state index >= 15 is 0 Å². The summed E-state index contributed by atoms with van der Waals surface area (Å²) in [6.45, 7) is 1.32. The molecule has 0 aromatic heterocycles. The van der Waals surface area contributed by atoms with Crippen LogP contribution in [0.5, 0.6) is 0 Å². The lowest BCUT2D eigenvalue weighted by Gasteiger charge is -2.34. The van der Waals surface area contributed by atoms with Crippen molar-refractivity contribution in [1.82, 2.24) is 5.32 Å². The van der Waals surface area contributed by atoms with Crippen molar-refractivity contribution >= 4 is 40.9 Å². The van der Waals surface area contributed by atoms with Gasteiger partial charge < -0.3 is 10.2 Å². The number of fused-ring (bicyclic) bond motifs is 1. The molecular formula is C26H21ClF4N2O2S. The third kappa shape index (κ3) is 5.37. The van der Waals surface area contributed by atoms with Crippen LogP contribution in [0.15, 0.2) is 53.4 Å². The van der Waals surface area contributed by atoms with Crippen molar-refractivity contribution in [3.8, 4) is 0 Å². The van der Waals surface area contributed by atoms with Crippen LogP contribution in [0.2, 0.25) is 5.02 Å². The Labute approximate surface area is 214 Å². The maximum atomic E-state index is 14.5. The van der Waals surface area contributed by atoms with Gasteiger partial charge in [-0.2, -0.15) is 0 Å². The topological polar surface area (TPSA) is 49.4 Å². The second-order valence-corrected chi connectivity index (χ2v) is 9.88. The highest BCUT2D eigenvalue weighted by Gasteiger charge is 2.34. The number of hydrogen-bond acceptors (Lipinski definition) is 3. The Morgan fingerprint density at radius 1 is 1.03 bits per heavy atom. The van der Waals surface area contributed by atoms with Gasteiger partial charge in [0.2, 0.25) is 5.91 Å². The minimum absolute atomic E-state index is 0.128. The highest BCUT2D eigenvalue weighted by Crippen LogP contribution is 2.42. The van der Waals surface area contributed by atoms with Gasteiger partial charge >= 0.3 is 0 Å². The number of carbonyl (C=O) groups is 2. The van der Waals surface area contributed by atoms with E-state index in [1.807, 2.05) is 6.92 Å². The predicted octanol–water partition coefficient (Wildman–Crippen LogP) is 6.63. The molecule has 36 heavy (non-hydrogen) atoms. The minimum Gasteiger partial charge on any atom is -0.348 e. The average molecular weight is 537 g/mol. The third-order valence-corrected chi connectivity index (χ3v) is 7.46. The summed E-state index contributed by atoms with van der Waals surface area (Å²) in [5, 5.41) is 2.21. The van der Waals surface area contributed by atoms with Crippen molar-refractivity contribution in [2.45, 2.75) is 43.0 Å². The van der Waals surface area contributed by atoms with Crippen molar-refractivity contribution in [2.24, 2.45) is 0 Å². The molecule has 0 radical (unpaired) electrons. The Bertz CT molecular complexity index is 1290. The van der Waals surface area contributed by atoms with Gasteiger partial charge in [-0.3, -0.25) is 9.59 Å². The molecule has 1 atom stereocenters. The van der Waals surface area contributed by atoms with E-state index in [1.54, 1.807) is 6.07 Å². The Morgan fingerprint density at radius 3 is 2.42 bits per heavy atom. The second-order valence-electron chi connectivity index (χ2n) is 8.23. The van der Waals surface area contributed by atoms with Crippen LogP contribution in [0.1, 0.15) is 41.3 Å². The number of carbonyl (C=O) groups excluding carboxylic acids is 2. The first-order valence-corrected chi connectivity index (χ1v) is 12.4. The van der Waals surface area contributed by atoms with Gasteiger partial charge in [-0.25, -0.2) is 17.6 Å². The number of benzene rings is 3. The van der Waals surface area contributed by atoms with Crippen molar-refractivity contribution in [3.05, 3.63) is 93.5 Å². The zero-order chi connectivity index (χ0) is 26.0. The lowest BCUT2D eigenvalue weighted by molar-refractivity contribution is -0.118. The van der Waals surface area contributed by atoms with Crippen LogP contribution in [0, 0.1) is 23.3 Å². The van der Waals surface area contributed by atoms with Crippen LogP contribution in [0.25, 0.3) is 0 Å². The third-order valence-electron chi connectivity index (χ3n) is 5.78. The molecule has 1 aliphatic rings. The summed E-state index contributed by atoms with van der Waals surface area (Å²) in [4.78, 5) is 28.3. The zero-order valence-electron chi connectivity index (χ0n) is 19.1. The number of anilines is 1. The summed E-state index contributed by atoms with van der Waals surface area (Å²) in [6.07, 6.45) is 1.38. The van der Waals surface area contributed by atoms with E-state index in [-0.39, 0.29) is 33.9 Å². The van der Waals surface area contributed by atoms with Crippen LogP contribution < -0.4 is 10.2 Å². The summed E-state index contributed by atoms with van der Waals surface area (Å²) in [7, 11) is 0. The molecule has 1 heterocycles. The molecule has 0 saturated heterocycles. The molecule has 0 aliphatic carbocycles. The maximum Gasteiger partial charge on any atom is 0.251 e. The highest BCUT2D eigenvalue weighted by molar-refractivity contribution is 8.01. The van der Waals surface area contributed by atoms with Crippen molar-refractivity contribution < 1.29 is 27.2 Å². The van der Waals surface area contributed by atoms with Gasteiger partial charge in [0.25, 0.3) is 5.91 Å². The molecule has 188 valence electrons. The molecule has 0 saturated carbocycles. The average Bonchev–Trinajstić information content (AvgIpc) is 2.82. The Kier molecular flexibility index (Phi) is 7.90. The predicted molar refractivity (Wildman–Crippen MR) is 131 cm³/mol. The first-order valence-electron chi connectivity index (χ1n) is 11.2. The normalized spacial score (nSPS) is 15.1. The summed E-state index contributed by atoms with van der Waals surface area (Å²) in [5.74, 6) is -4.74. The fraction of sp³-hybridized carbons (Fsp3) is 0.231. The molecule has 1 unspecified atom stereocenters. The molecule has 0 bridgehead atoms. The van der Waals surface area contributed by atoms with E-state index in [9.17, 15) is 27.2 Å². The molecule has 1 aliphatic heterocycles. The molecule has 4 nitrogen and oxygen atoms in total. The van der Waals surface area contributed by atoms with Gasteiger partial charge in [0.1, 0.15) is 23.3 Å². The van der Waals surface area contributed by atoms with Gasteiger partial charge in [0.15, 0.2) is 0 Å². The van der Waals surface area contributed by atoms with Gasteiger partial charge in [0.05, 0.1) is 17.5 Å². The Morgan fingerprint density at radius 2 is 1.75 bits per heavy atom. The lowest BCUT2D eigenvalue weighted by Crippen LogP contribution is -2.41. The largest absolute Gasteiger partial charge is 0.348 e. The van der Waals surface area contributed by atoms with E-state index in [0.29, 0.717) is 24.2 Å². The lowest BCUT2D eigenvalue weighted by atomic mass is 10.1. The minimum atomic E-state index is -1.12. The Balaban J connectivity index is 1.64. The molecule has 3 aromatic carbocycles. The van der Waals surface area contributed by atoms with Crippen LogP contribution in [0.3, 0.4) is 0 Å². The summed E-state index contributed by atoms with van der Waals surface area (Å²) >= 11 is 7.57. The standard InChI is InChI=1S/C26H21ClF4N2O2S/c1-2-4-24-26(35)33(13-17-18(27)5-3-6-19(17)29)22-9-14(7-8-23(22)36-24)25(34)32-12-16-20(30)10-15(28)11-21(16)31/h3,5-11,24H,2,4,12-13H2,1H3,(H,32,34). The van der Waals surface area contributed by atoms with E-state index in [4.69, 9.17) is 11.6 Å². The van der Waals surface area contributed by atoms with Crippen LogP contribution in [-0.4, -0.2) is 17.1 Å². The van der Waals surface area contributed by atoms with Gasteiger partial charge in [-0.05, 0) is 36.8 Å². The van der Waals surface area contributed by atoms with Crippen LogP contribution in [-0.2, 0) is 17.9 Å². The highest BCUT2D eigenvalue weighted by atomic mass is 35.5. The van der Waals surface area contributed by atoms with E-state index in [0.717, 1.165) is 11.3 Å². The number of nitrogens with zero attached hydrogens (tertiary/aromatic N) is 1. The molecule has 3 aromatic rings. The second kappa shape index (κ2) is 10.9. The summed E-state index contributed by atoms with van der Waals surface area (Å²) < 4.78 is 55.6. The summed E-state index contributed by atoms with van der Waals surface area (Å²) in [6, 6.07) is 10.0. The quantitative estimate of drug-likeness (QED) is 0.345. The summed E-state index contributed by atoms with van der Waals surface area (Å²) in [5.41, 5.74) is 0.205. The number of hydrogen-bond donors (Lipinski definition) is 1. The smallest absolute Gasteiger partial charge is 0.251 e. The van der Waals surface area contributed by atoms with Crippen molar-refractivity contribution in [1.29, 1.82) is 0 Å². The number of rotatable bonds is 7.